The first-order valence-corrected chi connectivity index (χ1v) is 4.18. The highest BCUT2D eigenvalue weighted by molar-refractivity contribution is 5.89. The van der Waals surface area contributed by atoms with Crippen LogP contribution < -0.4 is 0 Å². The normalized spacial score (nSPS) is 11.2. The zero-order valence-corrected chi connectivity index (χ0v) is 7.45. The van der Waals surface area contributed by atoms with Crippen LogP contribution in [-0.2, 0) is 4.42 Å². The Kier molecular flexibility index (Phi) is 2.09. The first-order valence-electron chi connectivity index (χ1n) is 4.18. The van der Waals surface area contributed by atoms with Gasteiger partial charge in [0.2, 0.25) is 7.11 Å². The topological polar surface area (TPSA) is 11.3 Å². The largest absolute Gasteiger partial charge is 0.319 e. The molecule has 0 atom stereocenters. The van der Waals surface area contributed by atoms with E-state index in [-0.39, 0.29) is 0 Å². The van der Waals surface area contributed by atoms with Gasteiger partial charge in [0.25, 0.3) is 6.29 Å². The maximum Gasteiger partial charge on any atom is 0.290 e. The fourth-order valence-electron chi connectivity index (χ4n) is 1.37. The quantitative estimate of drug-likeness (QED) is 0.460. The lowest BCUT2D eigenvalue weighted by Gasteiger charge is -2.01. The molecule has 0 aliphatic rings. The molecule has 13 heavy (non-hydrogen) atoms. The lowest BCUT2D eigenvalue weighted by molar-refractivity contribution is 0.185. The fourth-order valence-corrected chi connectivity index (χ4v) is 1.37. The van der Waals surface area contributed by atoms with Crippen LogP contribution in [0.5, 0.6) is 0 Å². The summed E-state index contributed by atoms with van der Waals surface area (Å²) in [6.45, 7) is 0. The summed E-state index contributed by atoms with van der Waals surface area (Å²) in [6, 6.07) is 14.3. The highest BCUT2D eigenvalue weighted by Gasteiger charge is 1.89. The SMILES string of the molecule is C[O+]=[C-]c1ccc2ccccc2c1. The zero-order valence-electron chi connectivity index (χ0n) is 7.45. The average molecular weight is 170 g/mol. The van der Waals surface area contributed by atoms with E-state index < -0.39 is 0 Å². The van der Waals surface area contributed by atoms with Crippen molar-refractivity contribution in [2.75, 3.05) is 7.11 Å². The molecule has 2 aromatic carbocycles. The molecule has 0 aliphatic heterocycles. The van der Waals surface area contributed by atoms with Gasteiger partial charge in [-0.05, 0) is 5.39 Å². The summed E-state index contributed by atoms with van der Waals surface area (Å²) < 4.78 is 4.83. The third-order valence-electron chi connectivity index (χ3n) is 1.97. The molecule has 0 heterocycles. The van der Waals surface area contributed by atoms with Gasteiger partial charge in [-0.15, -0.1) is 12.1 Å². The molecule has 1 nitrogen and oxygen atoms in total. The van der Waals surface area contributed by atoms with Gasteiger partial charge >= 0.3 is 0 Å². The van der Waals surface area contributed by atoms with E-state index in [1.165, 1.54) is 10.8 Å². The molecule has 0 fully saturated rings. The predicted octanol–water partition coefficient (Wildman–Crippen LogP) is 2.46. The van der Waals surface area contributed by atoms with Crippen molar-refractivity contribution in [1.29, 1.82) is 0 Å². The van der Waals surface area contributed by atoms with Crippen LogP contribution in [0, 0.1) is 0 Å². The first-order chi connectivity index (χ1) is 6.40. The van der Waals surface area contributed by atoms with Gasteiger partial charge in [-0.25, -0.2) is 0 Å². The van der Waals surface area contributed by atoms with Gasteiger partial charge in [-0.1, -0.05) is 35.2 Å². The van der Waals surface area contributed by atoms with Crippen molar-refractivity contribution in [2.45, 2.75) is 0 Å². The Labute approximate surface area is 77.3 Å². The summed E-state index contributed by atoms with van der Waals surface area (Å²) in [5.41, 5.74) is 0.973. The van der Waals surface area contributed by atoms with E-state index in [1.54, 1.807) is 7.11 Å². The second kappa shape index (κ2) is 3.40. The number of hydrogen-bond acceptors (Lipinski definition) is 0. The van der Waals surface area contributed by atoms with Gasteiger partial charge in [-0.3, -0.25) is 0 Å². The Balaban J connectivity index is 2.62. The molecule has 64 valence electrons. The van der Waals surface area contributed by atoms with Crippen LogP contribution >= 0.6 is 0 Å². The van der Waals surface area contributed by atoms with Crippen LogP contribution in [-0.4, -0.2) is 13.4 Å². The number of fused-ring (bicyclic) bond motifs is 1. The highest BCUT2D eigenvalue weighted by atomic mass is 16.4. The molecule has 2 aromatic rings. The summed E-state index contributed by atoms with van der Waals surface area (Å²) in [7, 11) is 1.61. The third kappa shape index (κ3) is 1.59. The van der Waals surface area contributed by atoms with E-state index in [1.807, 2.05) is 18.2 Å². The molecule has 0 amide bonds. The van der Waals surface area contributed by atoms with Crippen LogP contribution in [0.25, 0.3) is 10.8 Å². The van der Waals surface area contributed by atoms with E-state index in [0.29, 0.717) is 0 Å². The van der Waals surface area contributed by atoms with Crippen molar-refractivity contribution in [3.63, 3.8) is 0 Å². The molecular weight excluding hydrogens is 160 g/mol. The standard InChI is InChI=1S/C12H10O/c1-13-9-10-6-7-11-4-2-3-5-12(11)8-10/h2-8H,1H3. The van der Waals surface area contributed by atoms with E-state index in [0.717, 1.165) is 5.56 Å². The molecule has 0 saturated heterocycles. The minimum Gasteiger partial charge on any atom is -0.319 e. The Hall–Kier alpha value is -1.63. The molecule has 0 aromatic heterocycles. The predicted molar refractivity (Wildman–Crippen MR) is 54.7 cm³/mol. The number of hydrogen-bond donors (Lipinski definition) is 0. The van der Waals surface area contributed by atoms with Crippen LogP contribution in [0.4, 0.5) is 0 Å². The second-order valence-corrected chi connectivity index (χ2v) is 2.87. The minimum atomic E-state index is 0.973. The first kappa shape index (κ1) is 7.99. The Morgan fingerprint density at radius 3 is 2.54 bits per heavy atom. The van der Waals surface area contributed by atoms with Gasteiger partial charge in [0.1, 0.15) is 0 Å². The molecule has 0 N–H and O–H groups in total. The zero-order chi connectivity index (χ0) is 9.10. The summed E-state index contributed by atoms with van der Waals surface area (Å²) in [5, 5.41) is 2.45. The molecule has 0 unspecified atom stereocenters. The lowest BCUT2D eigenvalue weighted by atomic mass is 10.1. The number of rotatable bonds is 1. The van der Waals surface area contributed by atoms with Crippen LogP contribution in [0.1, 0.15) is 5.56 Å². The molecule has 0 aliphatic carbocycles. The average Bonchev–Trinajstić information content (AvgIpc) is 2.18. The minimum absolute atomic E-state index is 0.973. The summed E-state index contributed by atoms with van der Waals surface area (Å²) >= 11 is 0. The number of carbonyl (C=O) groups excluding carboxylic acids is 1. The van der Waals surface area contributed by atoms with Gasteiger partial charge < -0.3 is 4.42 Å². The van der Waals surface area contributed by atoms with Crippen LogP contribution in [0.15, 0.2) is 42.5 Å². The smallest absolute Gasteiger partial charge is 0.290 e. The van der Waals surface area contributed by atoms with Crippen molar-refractivity contribution in [1.82, 2.24) is 0 Å². The van der Waals surface area contributed by atoms with Gasteiger partial charge in [0.05, 0.1) is 0 Å². The van der Waals surface area contributed by atoms with E-state index in [2.05, 4.69) is 30.6 Å². The number of benzene rings is 2. The second-order valence-electron chi connectivity index (χ2n) is 2.87. The van der Waals surface area contributed by atoms with Gasteiger partial charge in [0.15, 0.2) is 0 Å². The Morgan fingerprint density at radius 1 is 1.00 bits per heavy atom. The maximum atomic E-state index is 4.83. The Bertz CT molecular complexity index is 444. The van der Waals surface area contributed by atoms with Crippen molar-refractivity contribution < 1.29 is 4.42 Å². The summed E-state index contributed by atoms with van der Waals surface area (Å²) in [6.07, 6.45) is 2.80. The fraction of sp³-hybridized carbons (Fsp3) is 0.0833. The molecule has 0 saturated carbocycles. The van der Waals surface area contributed by atoms with Gasteiger partial charge in [0, 0.05) is 0 Å². The van der Waals surface area contributed by atoms with Crippen LogP contribution in [0.2, 0.25) is 0 Å². The third-order valence-corrected chi connectivity index (χ3v) is 1.97. The summed E-state index contributed by atoms with van der Waals surface area (Å²) in [5.74, 6) is 0. The monoisotopic (exact) mass is 170 g/mol. The van der Waals surface area contributed by atoms with Crippen molar-refractivity contribution in [3.05, 3.63) is 48.0 Å². The maximum absolute atomic E-state index is 4.83. The molecule has 2 rings (SSSR count). The van der Waals surface area contributed by atoms with Crippen molar-refractivity contribution >= 4 is 17.1 Å². The molecular formula is C12H10O. The van der Waals surface area contributed by atoms with Crippen molar-refractivity contribution in [2.24, 2.45) is 0 Å². The molecule has 1 heteroatoms. The highest BCUT2D eigenvalue weighted by Crippen LogP contribution is 2.14. The summed E-state index contributed by atoms with van der Waals surface area (Å²) in [4.78, 5) is 0. The molecule has 0 radical (unpaired) electrons. The molecule has 0 spiro atoms. The van der Waals surface area contributed by atoms with Gasteiger partial charge in [-0.2, -0.15) is 6.07 Å². The van der Waals surface area contributed by atoms with E-state index in [9.17, 15) is 0 Å². The van der Waals surface area contributed by atoms with E-state index >= 15 is 0 Å². The van der Waals surface area contributed by atoms with Crippen LogP contribution in [0.3, 0.4) is 0 Å². The Morgan fingerprint density at radius 2 is 1.77 bits per heavy atom. The van der Waals surface area contributed by atoms with E-state index in [4.69, 9.17) is 4.42 Å². The van der Waals surface area contributed by atoms with Crippen molar-refractivity contribution in [3.8, 4) is 0 Å². The lowest BCUT2D eigenvalue weighted by Crippen LogP contribution is -1.82. The molecule has 0 bridgehead atoms.